The maximum atomic E-state index is 12.0. The molecule has 2 rings (SSSR count). The molecule has 1 saturated carbocycles. The first-order valence-corrected chi connectivity index (χ1v) is 6.96. The topological polar surface area (TPSA) is 55.8 Å². The number of carboxylic acids is 1. The number of fused-ring (bicyclic) bond motifs is 2. The minimum absolute atomic E-state index is 0.0781. The Kier molecular flexibility index (Phi) is 3.76. The van der Waals surface area contributed by atoms with Crippen molar-refractivity contribution in [3.63, 3.8) is 0 Å². The van der Waals surface area contributed by atoms with E-state index in [4.69, 9.17) is 9.47 Å². The third-order valence-electron chi connectivity index (χ3n) is 5.41. The van der Waals surface area contributed by atoms with E-state index in [2.05, 4.69) is 19.1 Å². The molecule has 2 aliphatic carbocycles. The predicted molar refractivity (Wildman–Crippen MR) is 71.6 cm³/mol. The molecule has 1 N–H and O–H groups in total. The van der Waals surface area contributed by atoms with Gasteiger partial charge in [-0.1, -0.05) is 25.5 Å². The van der Waals surface area contributed by atoms with Crippen LogP contribution in [0.5, 0.6) is 0 Å². The molecular weight excluding hydrogens is 244 g/mol. The van der Waals surface area contributed by atoms with Crippen molar-refractivity contribution in [3.05, 3.63) is 12.2 Å². The average molecular weight is 268 g/mol. The zero-order chi connectivity index (χ0) is 14.3. The van der Waals surface area contributed by atoms with E-state index >= 15 is 0 Å². The van der Waals surface area contributed by atoms with E-state index in [-0.39, 0.29) is 11.8 Å². The Balaban J connectivity index is 2.56. The van der Waals surface area contributed by atoms with Crippen molar-refractivity contribution in [2.45, 2.75) is 39.4 Å². The molecule has 0 aromatic heterocycles. The summed E-state index contributed by atoms with van der Waals surface area (Å²) >= 11 is 0. The summed E-state index contributed by atoms with van der Waals surface area (Å²) in [6, 6.07) is 0. The fraction of sp³-hybridized carbons (Fsp3) is 0.800. The first kappa shape index (κ1) is 14.5. The van der Waals surface area contributed by atoms with Crippen molar-refractivity contribution in [3.8, 4) is 0 Å². The van der Waals surface area contributed by atoms with E-state index in [0.717, 1.165) is 19.3 Å². The molecule has 4 atom stereocenters. The monoisotopic (exact) mass is 268 g/mol. The van der Waals surface area contributed by atoms with Gasteiger partial charge in [-0.2, -0.15) is 0 Å². The minimum atomic E-state index is -0.820. The van der Waals surface area contributed by atoms with Crippen LogP contribution in [-0.4, -0.2) is 31.6 Å². The fourth-order valence-electron chi connectivity index (χ4n) is 4.51. The highest BCUT2D eigenvalue weighted by Gasteiger charge is 2.70. The molecule has 4 unspecified atom stereocenters. The minimum Gasteiger partial charge on any atom is -0.481 e. The maximum absolute atomic E-state index is 12.0. The Morgan fingerprint density at radius 3 is 2.42 bits per heavy atom. The number of hydrogen-bond donors (Lipinski definition) is 1. The summed E-state index contributed by atoms with van der Waals surface area (Å²) in [6.07, 6.45) is 6.36. The van der Waals surface area contributed by atoms with E-state index in [1.807, 2.05) is 6.92 Å². The van der Waals surface area contributed by atoms with Gasteiger partial charge in [-0.05, 0) is 31.6 Å². The molecule has 19 heavy (non-hydrogen) atoms. The van der Waals surface area contributed by atoms with Crippen molar-refractivity contribution in [1.82, 2.24) is 0 Å². The Hall–Kier alpha value is -0.870. The normalized spacial score (nSPS) is 40.3. The highest BCUT2D eigenvalue weighted by atomic mass is 16.7. The quantitative estimate of drug-likeness (QED) is 0.594. The molecule has 1 fully saturated rings. The first-order chi connectivity index (χ1) is 8.98. The molecule has 108 valence electrons. The Morgan fingerprint density at radius 2 is 1.95 bits per heavy atom. The molecule has 0 spiro atoms. The molecule has 0 radical (unpaired) electrons. The van der Waals surface area contributed by atoms with Crippen LogP contribution >= 0.6 is 0 Å². The van der Waals surface area contributed by atoms with Gasteiger partial charge in [0.2, 0.25) is 0 Å². The van der Waals surface area contributed by atoms with Crippen LogP contribution in [0.1, 0.15) is 33.1 Å². The van der Waals surface area contributed by atoms with Gasteiger partial charge in [0.05, 0.1) is 5.41 Å². The Morgan fingerprint density at radius 1 is 1.37 bits per heavy atom. The van der Waals surface area contributed by atoms with Crippen molar-refractivity contribution < 1.29 is 19.4 Å². The van der Waals surface area contributed by atoms with Crippen molar-refractivity contribution in [2.75, 3.05) is 14.2 Å². The van der Waals surface area contributed by atoms with Crippen LogP contribution in [0.4, 0.5) is 0 Å². The lowest BCUT2D eigenvalue weighted by Crippen LogP contribution is -2.56. The van der Waals surface area contributed by atoms with Gasteiger partial charge in [0.25, 0.3) is 0 Å². The lowest BCUT2D eigenvalue weighted by Gasteiger charge is -2.50. The summed E-state index contributed by atoms with van der Waals surface area (Å²) in [7, 11) is 3.20. The van der Waals surface area contributed by atoms with E-state index < -0.39 is 23.1 Å². The number of carbonyl (C=O) groups is 1. The number of carboxylic acid groups (broad SMARTS) is 1. The molecule has 0 aromatic carbocycles. The molecule has 0 heterocycles. The third kappa shape index (κ3) is 1.62. The molecule has 2 bridgehead atoms. The summed E-state index contributed by atoms with van der Waals surface area (Å²) in [5.74, 6) is -0.435. The maximum Gasteiger partial charge on any atom is 0.310 e. The Bertz CT molecular complexity index is 388. The van der Waals surface area contributed by atoms with Gasteiger partial charge in [-0.15, -0.1) is 0 Å². The average Bonchev–Trinajstić information content (AvgIpc) is 2.94. The molecule has 0 amide bonds. The van der Waals surface area contributed by atoms with Gasteiger partial charge in [0.15, 0.2) is 6.29 Å². The smallest absolute Gasteiger partial charge is 0.310 e. The van der Waals surface area contributed by atoms with Crippen molar-refractivity contribution in [2.24, 2.45) is 22.7 Å². The van der Waals surface area contributed by atoms with Gasteiger partial charge >= 0.3 is 5.97 Å². The second-order valence-corrected chi connectivity index (χ2v) is 5.93. The zero-order valence-electron chi connectivity index (χ0n) is 12.2. The number of ether oxygens (including phenoxy) is 2. The van der Waals surface area contributed by atoms with Crippen molar-refractivity contribution >= 4 is 5.97 Å². The van der Waals surface area contributed by atoms with Crippen LogP contribution < -0.4 is 0 Å². The van der Waals surface area contributed by atoms with Crippen molar-refractivity contribution in [1.29, 1.82) is 0 Å². The number of rotatable bonds is 6. The third-order valence-corrected chi connectivity index (χ3v) is 5.41. The highest BCUT2D eigenvalue weighted by molar-refractivity contribution is 5.78. The number of hydrogen-bond acceptors (Lipinski definition) is 3. The summed E-state index contributed by atoms with van der Waals surface area (Å²) in [5.41, 5.74) is -1.30. The standard InChI is InChI=1S/C15H24O4/c1-5-8-15(13(18-3)19-4)11-7-6-10(9-11)14(15,2)12(16)17/h6-7,10-11,13H,5,8-9H2,1-4H3,(H,16,17). The van der Waals surface area contributed by atoms with Crippen LogP contribution in [-0.2, 0) is 14.3 Å². The van der Waals surface area contributed by atoms with E-state index in [1.54, 1.807) is 14.2 Å². The van der Waals surface area contributed by atoms with E-state index in [0.29, 0.717) is 0 Å². The van der Waals surface area contributed by atoms with Crippen LogP contribution in [0.25, 0.3) is 0 Å². The van der Waals surface area contributed by atoms with Crippen LogP contribution in [0.2, 0.25) is 0 Å². The SMILES string of the molecule is CCCC1(C(OC)OC)C2C=CC(C2)C1(C)C(=O)O. The van der Waals surface area contributed by atoms with Gasteiger partial charge in [-0.3, -0.25) is 4.79 Å². The predicted octanol–water partition coefficient (Wildman–Crippen LogP) is 2.69. The number of methoxy groups -OCH3 is 2. The second-order valence-electron chi connectivity index (χ2n) is 5.93. The largest absolute Gasteiger partial charge is 0.481 e. The summed E-state index contributed by atoms with van der Waals surface area (Å²) in [5, 5.41) is 9.85. The van der Waals surface area contributed by atoms with Crippen LogP contribution in [0, 0.1) is 22.7 Å². The lowest BCUT2D eigenvalue weighted by atomic mass is 9.56. The van der Waals surface area contributed by atoms with Crippen LogP contribution in [0.15, 0.2) is 12.2 Å². The fourth-order valence-corrected chi connectivity index (χ4v) is 4.51. The molecule has 0 saturated heterocycles. The molecule has 4 heteroatoms. The van der Waals surface area contributed by atoms with E-state index in [9.17, 15) is 9.90 Å². The molecular formula is C15H24O4. The lowest BCUT2D eigenvalue weighted by molar-refractivity contribution is -0.230. The highest BCUT2D eigenvalue weighted by Crippen LogP contribution is 2.67. The Labute approximate surface area is 114 Å². The van der Waals surface area contributed by atoms with Gasteiger partial charge in [0.1, 0.15) is 0 Å². The molecule has 4 nitrogen and oxygen atoms in total. The number of allylic oxidation sites excluding steroid dienone is 2. The summed E-state index contributed by atoms with van der Waals surface area (Å²) in [4.78, 5) is 12.0. The van der Waals surface area contributed by atoms with Crippen LogP contribution in [0.3, 0.4) is 0 Å². The zero-order valence-corrected chi connectivity index (χ0v) is 12.2. The first-order valence-electron chi connectivity index (χ1n) is 6.96. The van der Waals surface area contributed by atoms with E-state index in [1.165, 1.54) is 0 Å². The van der Waals surface area contributed by atoms with Gasteiger partial charge in [0, 0.05) is 19.6 Å². The summed E-state index contributed by atoms with van der Waals surface area (Å²) < 4.78 is 11.0. The summed E-state index contributed by atoms with van der Waals surface area (Å²) in [6.45, 7) is 3.95. The molecule has 2 aliphatic rings. The molecule has 0 aliphatic heterocycles. The molecule has 0 aromatic rings. The van der Waals surface area contributed by atoms with Gasteiger partial charge in [-0.25, -0.2) is 0 Å². The number of aliphatic carboxylic acids is 1. The second kappa shape index (κ2) is 4.91. The van der Waals surface area contributed by atoms with Gasteiger partial charge < -0.3 is 14.6 Å².